The zero-order valence-corrected chi connectivity index (χ0v) is 15.2. The van der Waals surface area contributed by atoms with Crippen LogP contribution in [0.1, 0.15) is 50.8 Å². The Morgan fingerprint density at radius 3 is 2.62 bits per heavy atom. The number of nitrogens with zero attached hydrogens (tertiary/aromatic N) is 1. The highest BCUT2D eigenvalue weighted by Crippen LogP contribution is 2.17. The molecule has 1 aromatic rings. The van der Waals surface area contributed by atoms with Gasteiger partial charge in [-0.2, -0.15) is 0 Å². The molecule has 1 saturated heterocycles. The third-order valence-corrected chi connectivity index (χ3v) is 4.17. The van der Waals surface area contributed by atoms with E-state index in [0.717, 1.165) is 24.0 Å². The van der Waals surface area contributed by atoms with Gasteiger partial charge in [0.05, 0.1) is 6.10 Å². The van der Waals surface area contributed by atoms with Crippen molar-refractivity contribution in [3.05, 3.63) is 35.4 Å². The first-order chi connectivity index (χ1) is 11.2. The molecule has 1 amide bonds. The normalized spacial score (nSPS) is 17.6. The summed E-state index contributed by atoms with van der Waals surface area (Å²) in [7, 11) is 0. The van der Waals surface area contributed by atoms with Crippen molar-refractivity contribution in [1.29, 1.82) is 0 Å². The lowest BCUT2D eigenvalue weighted by atomic mass is 10.0. The predicted octanol–water partition coefficient (Wildman–Crippen LogP) is 3.02. The maximum atomic E-state index is 12.0. The minimum Gasteiger partial charge on any atom is -0.444 e. The van der Waals surface area contributed by atoms with Crippen molar-refractivity contribution in [3.63, 3.8) is 0 Å². The summed E-state index contributed by atoms with van der Waals surface area (Å²) in [6, 6.07) is 8.27. The molecule has 1 atom stereocenters. The molecule has 24 heavy (non-hydrogen) atoms. The Labute approximate surface area is 145 Å². The van der Waals surface area contributed by atoms with Crippen LogP contribution < -0.4 is 5.32 Å². The van der Waals surface area contributed by atoms with Gasteiger partial charge in [0.15, 0.2) is 0 Å². The lowest BCUT2D eigenvalue weighted by Gasteiger charge is -2.34. The number of ether oxygens (including phenoxy) is 1. The number of aryl methyl sites for hydroxylation is 1. The van der Waals surface area contributed by atoms with E-state index in [2.05, 4.69) is 5.32 Å². The number of amides is 1. The van der Waals surface area contributed by atoms with Gasteiger partial charge in [-0.05, 0) is 46.1 Å². The van der Waals surface area contributed by atoms with E-state index in [-0.39, 0.29) is 6.09 Å². The molecule has 0 radical (unpaired) electrons. The van der Waals surface area contributed by atoms with Crippen LogP contribution >= 0.6 is 0 Å². The van der Waals surface area contributed by atoms with E-state index in [1.54, 1.807) is 4.90 Å². The number of carbonyl (C=O) groups excluding carboxylic acids is 1. The summed E-state index contributed by atoms with van der Waals surface area (Å²) in [5.41, 5.74) is 1.63. The van der Waals surface area contributed by atoms with Gasteiger partial charge in [-0.3, -0.25) is 0 Å². The highest BCUT2D eigenvalue weighted by molar-refractivity contribution is 5.68. The molecule has 1 aliphatic heterocycles. The Bertz CT molecular complexity index is 546. The van der Waals surface area contributed by atoms with Crippen LogP contribution in [0.25, 0.3) is 0 Å². The van der Waals surface area contributed by atoms with E-state index in [1.807, 2.05) is 52.0 Å². The van der Waals surface area contributed by atoms with Gasteiger partial charge in [-0.25, -0.2) is 4.79 Å². The zero-order chi connectivity index (χ0) is 17.7. The number of nitrogens with one attached hydrogen (secondary N) is 1. The SMILES string of the molecule is Cc1cccc(C(O)CNC2CCN(C(=O)OC(C)(C)C)CC2)c1. The van der Waals surface area contributed by atoms with Crippen molar-refractivity contribution in [3.8, 4) is 0 Å². The summed E-state index contributed by atoms with van der Waals surface area (Å²) in [4.78, 5) is 13.8. The van der Waals surface area contributed by atoms with Crippen molar-refractivity contribution in [2.24, 2.45) is 0 Å². The van der Waals surface area contributed by atoms with Crippen LogP contribution in [-0.4, -0.2) is 47.4 Å². The van der Waals surface area contributed by atoms with Crippen LogP contribution in [-0.2, 0) is 4.74 Å². The summed E-state index contributed by atoms with van der Waals surface area (Å²) >= 11 is 0. The zero-order valence-electron chi connectivity index (χ0n) is 15.2. The molecule has 2 rings (SSSR count). The summed E-state index contributed by atoms with van der Waals surface area (Å²) < 4.78 is 5.41. The summed E-state index contributed by atoms with van der Waals surface area (Å²) in [6.07, 6.45) is 1.01. The highest BCUT2D eigenvalue weighted by Gasteiger charge is 2.26. The fourth-order valence-corrected chi connectivity index (χ4v) is 2.87. The molecule has 1 fully saturated rings. The van der Waals surface area contributed by atoms with E-state index in [0.29, 0.717) is 25.7 Å². The molecule has 0 aliphatic carbocycles. The van der Waals surface area contributed by atoms with E-state index in [4.69, 9.17) is 4.74 Å². The molecule has 1 aromatic carbocycles. The number of carbonyl (C=O) groups is 1. The average molecular weight is 334 g/mol. The van der Waals surface area contributed by atoms with E-state index < -0.39 is 11.7 Å². The third-order valence-electron chi connectivity index (χ3n) is 4.17. The fraction of sp³-hybridized carbons (Fsp3) is 0.632. The van der Waals surface area contributed by atoms with Gasteiger partial charge in [-0.1, -0.05) is 29.8 Å². The van der Waals surface area contributed by atoms with Crippen LogP contribution in [0.4, 0.5) is 4.79 Å². The Hall–Kier alpha value is -1.59. The quantitative estimate of drug-likeness (QED) is 0.888. The smallest absolute Gasteiger partial charge is 0.410 e. The Morgan fingerprint density at radius 1 is 1.38 bits per heavy atom. The molecule has 5 nitrogen and oxygen atoms in total. The third kappa shape index (κ3) is 5.80. The molecule has 134 valence electrons. The molecule has 2 N–H and O–H groups in total. The van der Waals surface area contributed by atoms with Crippen LogP contribution in [0.15, 0.2) is 24.3 Å². The molecule has 0 spiro atoms. The highest BCUT2D eigenvalue weighted by atomic mass is 16.6. The van der Waals surface area contributed by atoms with E-state index in [1.165, 1.54) is 0 Å². The Kier molecular flexibility index (Phi) is 6.24. The fourth-order valence-electron chi connectivity index (χ4n) is 2.87. The lowest BCUT2D eigenvalue weighted by molar-refractivity contribution is 0.0194. The van der Waals surface area contributed by atoms with Crippen LogP contribution in [0.5, 0.6) is 0 Å². The van der Waals surface area contributed by atoms with Crippen molar-refractivity contribution in [1.82, 2.24) is 10.2 Å². The van der Waals surface area contributed by atoms with Crippen molar-refractivity contribution in [2.45, 2.75) is 58.3 Å². The maximum absolute atomic E-state index is 12.0. The second kappa shape index (κ2) is 7.99. The monoisotopic (exact) mass is 334 g/mol. The minimum atomic E-state index is -0.506. The number of likely N-dealkylation sites (tertiary alicyclic amines) is 1. The summed E-state index contributed by atoms with van der Waals surface area (Å²) in [5, 5.41) is 13.7. The molecule has 5 heteroatoms. The molecule has 0 aromatic heterocycles. The topological polar surface area (TPSA) is 61.8 Å². The van der Waals surface area contributed by atoms with Crippen LogP contribution in [0, 0.1) is 6.92 Å². The number of benzene rings is 1. The lowest BCUT2D eigenvalue weighted by Crippen LogP contribution is -2.47. The van der Waals surface area contributed by atoms with Gasteiger partial charge in [-0.15, -0.1) is 0 Å². The summed E-state index contributed by atoms with van der Waals surface area (Å²) in [5.74, 6) is 0. The standard InChI is InChI=1S/C19H30N2O3/c1-14-6-5-7-15(12-14)17(22)13-20-16-8-10-21(11-9-16)18(23)24-19(2,3)4/h5-7,12,16-17,20,22H,8-11,13H2,1-4H3. The summed E-state index contributed by atoms with van der Waals surface area (Å²) in [6.45, 7) is 9.57. The van der Waals surface area contributed by atoms with Gasteiger partial charge < -0.3 is 20.1 Å². The average Bonchev–Trinajstić information content (AvgIpc) is 2.51. The molecular formula is C19H30N2O3. The molecule has 1 aliphatic rings. The molecular weight excluding hydrogens is 304 g/mol. The molecule has 0 saturated carbocycles. The second-order valence-electron chi connectivity index (χ2n) is 7.58. The number of aliphatic hydroxyl groups is 1. The maximum Gasteiger partial charge on any atom is 0.410 e. The van der Waals surface area contributed by atoms with Crippen molar-refractivity contribution in [2.75, 3.05) is 19.6 Å². The van der Waals surface area contributed by atoms with E-state index in [9.17, 15) is 9.90 Å². The van der Waals surface area contributed by atoms with Crippen molar-refractivity contribution >= 4 is 6.09 Å². The van der Waals surface area contributed by atoms with Gasteiger partial charge in [0.2, 0.25) is 0 Å². The first kappa shape index (κ1) is 18.7. The first-order valence-corrected chi connectivity index (χ1v) is 8.70. The molecule has 1 unspecified atom stereocenters. The molecule has 1 heterocycles. The predicted molar refractivity (Wildman–Crippen MR) is 95.0 cm³/mol. The minimum absolute atomic E-state index is 0.235. The number of hydrogen-bond donors (Lipinski definition) is 2. The van der Waals surface area contributed by atoms with E-state index >= 15 is 0 Å². The number of rotatable bonds is 4. The van der Waals surface area contributed by atoms with Crippen molar-refractivity contribution < 1.29 is 14.6 Å². The van der Waals surface area contributed by atoms with Crippen LogP contribution in [0.3, 0.4) is 0 Å². The number of piperidine rings is 1. The molecule has 0 bridgehead atoms. The van der Waals surface area contributed by atoms with Gasteiger partial charge in [0, 0.05) is 25.7 Å². The largest absolute Gasteiger partial charge is 0.444 e. The van der Waals surface area contributed by atoms with Gasteiger partial charge in [0.25, 0.3) is 0 Å². The van der Waals surface area contributed by atoms with Gasteiger partial charge >= 0.3 is 6.09 Å². The van der Waals surface area contributed by atoms with Crippen LogP contribution in [0.2, 0.25) is 0 Å². The Balaban J connectivity index is 1.74. The second-order valence-corrected chi connectivity index (χ2v) is 7.58. The van der Waals surface area contributed by atoms with Gasteiger partial charge in [0.1, 0.15) is 5.60 Å². The first-order valence-electron chi connectivity index (χ1n) is 8.70. The Morgan fingerprint density at radius 2 is 2.04 bits per heavy atom. The number of hydrogen-bond acceptors (Lipinski definition) is 4. The number of aliphatic hydroxyl groups excluding tert-OH is 1.